The van der Waals surface area contributed by atoms with E-state index in [1.165, 1.54) is 0 Å². The number of hydrogen-bond acceptors (Lipinski definition) is 1. The van der Waals surface area contributed by atoms with Gasteiger partial charge in [-0.3, -0.25) is 0 Å². The van der Waals surface area contributed by atoms with Crippen LogP contribution in [0, 0.1) is 0 Å². The molecule has 0 heterocycles. The van der Waals surface area contributed by atoms with E-state index in [0.717, 1.165) is 4.90 Å². The molecule has 1 nitrogen and oxygen atoms in total. The van der Waals surface area contributed by atoms with Crippen LogP contribution in [0.2, 0.25) is 0 Å². The van der Waals surface area contributed by atoms with E-state index in [2.05, 4.69) is 31.9 Å². The van der Waals surface area contributed by atoms with Crippen LogP contribution in [-0.4, -0.2) is 0 Å². The van der Waals surface area contributed by atoms with E-state index in [1.807, 2.05) is 0 Å². The van der Waals surface area contributed by atoms with Crippen molar-refractivity contribution in [3.05, 3.63) is 87.6 Å². The summed E-state index contributed by atoms with van der Waals surface area (Å²) < 4.78 is 82.3. The van der Waals surface area contributed by atoms with Gasteiger partial charge < -0.3 is 4.90 Å². The summed E-state index contributed by atoms with van der Waals surface area (Å²) in [6.07, 6.45) is 0. The van der Waals surface area contributed by atoms with Crippen LogP contribution in [-0.2, 0) is 0 Å². The monoisotopic (exact) mass is 411 g/mol. The Morgan fingerprint density at radius 1 is 0.619 bits per heavy atom. The molecule has 3 rings (SSSR count). The fraction of sp³-hybridized carbons (Fsp3) is 0. The maximum Gasteiger partial charge on any atom is 0.0645 e. The summed E-state index contributed by atoms with van der Waals surface area (Å²) >= 11 is 6.66. The van der Waals surface area contributed by atoms with Crippen LogP contribution < -0.4 is 4.90 Å². The smallest absolute Gasteiger partial charge is 0.0645 e. The largest absolute Gasteiger partial charge is 0.310 e. The lowest BCUT2D eigenvalue weighted by Gasteiger charge is -2.25. The summed E-state index contributed by atoms with van der Waals surface area (Å²) in [7, 11) is 0. The Balaban J connectivity index is 2.55. The first-order chi connectivity index (χ1) is 14.4. The minimum absolute atomic E-state index is 0.221. The Hall–Kier alpha value is -1.58. The van der Waals surface area contributed by atoms with Crippen molar-refractivity contribution in [1.82, 2.24) is 0 Å². The molecule has 0 aromatic heterocycles. The molecule has 0 aliphatic rings. The predicted octanol–water partition coefficient (Wildman–Crippen LogP) is 6.68. The molecule has 104 valence electrons. The number of nitrogens with zero attached hydrogens (tertiary/aromatic N) is 1. The zero-order valence-corrected chi connectivity index (χ0v) is 13.6. The van der Waals surface area contributed by atoms with Crippen LogP contribution in [0.15, 0.2) is 87.6 Å². The van der Waals surface area contributed by atoms with Gasteiger partial charge >= 0.3 is 0 Å². The van der Waals surface area contributed by atoms with Gasteiger partial charge in [0.2, 0.25) is 0 Å². The second-order valence-electron chi connectivity index (χ2n) is 3.91. The first-order valence-corrected chi connectivity index (χ1v) is 7.37. The molecule has 0 atom stereocenters. The van der Waals surface area contributed by atoms with E-state index in [0.29, 0.717) is 8.95 Å². The molecule has 0 radical (unpaired) electrons. The number of hydrogen-bond donors (Lipinski definition) is 0. The predicted molar refractivity (Wildman–Crippen MR) is 96.5 cm³/mol. The van der Waals surface area contributed by atoms with Crippen LogP contribution in [0.5, 0.6) is 0 Å². The maximum absolute atomic E-state index is 8.37. The van der Waals surface area contributed by atoms with Gasteiger partial charge in [0.05, 0.1) is 13.7 Å². The molecule has 0 amide bonds. The van der Waals surface area contributed by atoms with Crippen molar-refractivity contribution >= 4 is 48.9 Å². The number of benzene rings is 3. The molecule has 3 aromatic carbocycles. The molecule has 0 aliphatic carbocycles. The highest BCUT2D eigenvalue weighted by Crippen LogP contribution is 2.36. The van der Waals surface area contributed by atoms with Crippen LogP contribution in [0.4, 0.5) is 17.1 Å². The van der Waals surface area contributed by atoms with E-state index in [4.69, 9.17) is 13.7 Å². The fourth-order valence-corrected chi connectivity index (χ4v) is 3.02. The van der Waals surface area contributed by atoms with Crippen LogP contribution in [0.1, 0.15) is 13.7 Å². The molecule has 0 saturated carbocycles. The third-order valence-electron chi connectivity index (χ3n) is 2.53. The van der Waals surface area contributed by atoms with Crippen molar-refractivity contribution in [3.8, 4) is 0 Å². The highest BCUT2D eigenvalue weighted by Gasteiger charge is 2.12. The summed E-state index contributed by atoms with van der Waals surface area (Å²) in [5.41, 5.74) is -0.456. The Morgan fingerprint density at radius 2 is 1.05 bits per heavy atom. The third-order valence-corrected chi connectivity index (χ3v) is 3.44. The summed E-state index contributed by atoms with van der Waals surface area (Å²) in [5.74, 6) is 0. The molecule has 0 N–H and O–H groups in total. The van der Waals surface area contributed by atoms with Crippen molar-refractivity contribution in [3.63, 3.8) is 0 Å². The van der Waals surface area contributed by atoms with Crippen LogP contribution >= 0.6 is 31.9 Å². The summed E-state index contributed by atoms with van der Waals surface area (Å²) in [5, 5.41) is 0. The quantitative estimate of drug-likeness (QED) is 0.463. The van der Waals surface area contributed by atoms with Gasteiger partial charge in [0.25, 0.3) is 0 Å². The van der Waals surface area contributed by atoms with Gasteiger partial charge in [-0.1, -0.05) is 68.1 Å². The molecular weight excluding hydrogens is 390 g/mol. The summed E-state index contributed by atoms with van der Waals surface area (Å²) in [4.78, 5) is 1.09. The summed E-state index contributed by atoms with van der Waals surface area (Å²) in [6.45, 7) is 0. The first-order valence-electron chi connectivity index (χ1n) is 10.8. The van der Waals surface area contributed by atoms with E-state index in [1.54, 1.807) is 18.2 Å². The minimum Gasteiger partial charge on any atom is -0.310 e. The normalized spacial score (nSPS) is 17.0. The second-order valence-corrected chi connectivity index (χ2v) is 5.74. The van der Waals surface area contributed by atoms with Crippen LogP contribution in [0.25, 0.3) is 0 Å². The summed E-state index contributed by atoms with van der Waals surface area (Å²) in [6, 6.07) is -1.14. The van der Waals surface area contributed by atoms with E-state index in [-0.39, 0.29) is 17.1 Å². The van der Waals surface area contributed by atoms with Gasteiger partial charge in [-0.05, 0) is 42.4 Å². The molecule has 0 unspecified atom stereocenters. The van der Waals surface area contributed by atoms with Gasteiger partial charge in [-0.25, -0.2) is 0 Å². The first kappa shape index (κ1) is 6.67. The molecule has 0 aliphatic heterocycles. The highest BCUT2D eigenvalue weighted by molar-refractivity contribution is 9.11. The van der Waals surface area contributed by atoms with E-state index < -0.39 is 60.4 Å². The minimum atomic E-state index is -0.609. The number of anilines is 3. The number of para-hydroxylation sites is 2. The van der Waals surface area contributed by atoms with Gasteiger partial charge in [0, 0.05) is 26.0 Å². The number of halogens is 2. The zero-order chi connectivity index (χ0) is 23.4. The van der Waals surface area contributed by atoms with Gasteiger partial charge in [0.1, 0.15) is 0 Å². The van der Waals surface area contributed by atoms with Gasteiger partial charge in [0.15, 0.2) is 0 Å². The zero-order valence-electron chi connectivity index (χ0n) is 20.4. The topological polar surface area (TPSA) is 3.24 Å². The maximum atomic E-state index is 8.37. The third kappa shape index (κ3) is 3.36. The van der Waals surface area contributed by atoms with Crippen molar-refractivity contribution in [1.29, 1.82) is 0 Å². The second kappa shape index (κ2) is 6.46. The van der Waals surface area contributed by atoms with Gasteiger partial charge in [-0.2, -0.15) is 0 Å². The van der Waals surface area contributed by atoms with Crippen LogP contribution in [0.3, 0.4) is 0 Å². The molecule has 21 heavy (non-hydrogen) atoms. The SMILES string of the molecule is [2H]c1c([2H])c([2H])c(N(c2cc(Br)cc(Br)c2)c2c([2H])c([2H])c([2H])c([2H])c2[2H])c([2H])c1[2H]. The lowest BCUT2D eigenvalue weighted by atomic mass is 10.2. The Morgan fingerprint density at radius 3 is 1.48 bits per heavy atom. The molecule has 0 spiro atoms. The van der Waals surface area contributed by atoms with Crippen molar-refractivity contribution in [2.75, 3.05) is 4.90 Å². The molecule has 0 saturated heterocycles. The average molecular weight is 413 g/mol. The molecular formula is C18H13Br2N. The Kier molecular flexibility index (Phi) is 2.05. The number of rotatable bonds is 3. The van der Waals surface area contributed by atoms with Gasteiger partial charge in [-0.15, -0.1) is 0 Å². The van der Waals surface area contributed by atoms with E-state index in [9.17, 15) is 0 Å². The molecule has 3 heteroatoms. The fourth-order valence-electron chi connectivity index (χ4n) is 1.75. The van der Waals surface area contributed by atoms with Crippen molar-refractivity contribution < 1.29 is 13.7 Å². The highest BCUT2D eigenvalue weighted by atomic mass is 79.9. The Bertz CT molecular complexity index is 1080. The lowest BCUT2D eigenvalue weighted by Crippen LogP contribution is -2.09. The Labute approximate surface area is 155 Å². The lowest BCUT2D eigenvalue weighted by molar-refractivity contribution is 1.28. The van der Waals surface area contributed by atoms with Crippen molar-refractivity contribution in [2.45, 2.75) is 0 Å². The average Bonchev–Trinajstić information content (AvgIpc) is 2.71. The molecule has 0 bridgehead atoms. The molecule has 0 fully saturated rings. The standard InChI is InChI=1S/C18H13Br2N/c19-14-11-15(20)13-18(12-14)21(16-7-3-1-4-8-16)17-9-5-2-6-10-17/h1-13H/i1D,2D,3D,4D,5D,6D,7D,8D,9D,10D. The van der Waals surface area contributed by atoms with Crippen molar-refractivity contribution in [2.24, 2.45) is 0 Å². The molecule has 3 aromatic rings. The van der Waals surface area contributed by atoms with E-state index >= 15 is 0 Å².